The predicted molar refractivity (Wildman–Crippen MR) is 69.1 cm³/mol. The molecule has 1 aromatic rings. The highest BCUT2D eigenvalue weighted by molar-refractivity contribution is 5.28. The van der Waals surface area contributed by atoms with Crippen molar-refractivity contribution >= 4 is 0 Å². The van der Waals surface area contributed by atoms with Crippen LogP contribution < -0.4 is 10.1 Å². The first-order valence-corrected chi connectivity index (χ1v) is 6.12. The van der Waals surface area contributed by atoms with Crippen molar-refractivity contribution in [2.75, 3.05) is 13.7 Å². The Bertz CT molecular complexity index is 299. The molecule has 0 bridgehead atoms. The Morgan fingerprint density at radius 3 is 2.88 bits per heavy atom. The van der Waals surface area contributed by atoms with Crippen LogP contribution in [0.1, 0.15) is 32.3 Å². The van der Waals surface area contributed by atoms with Crippen LogP contribution >= 0.6 is 0 Å². The van der Waals surface area contributed by atoms with Gasteiger partial charge in [-0.2, -0.15) is 0 Å². The zero-order chi connectivity index (χ0) is 11.8. The zero-order valence-corrected chi connectivity index (χ0v) is 10.6. The second kappa shape index (κ2) is 7.29. The van der Waals surface area contributed by atoms with E-state index in [4.69, 9.17) is 4.74 Å². The zero-order valence-electron chi connectivity index (χ0n) is 10.6. The van der Waals surface area contributed by atoms with Gasteiger partial charge in [0.15, 0.2) is 0 Å². The van der Waals surface area contributed by atoms with Crippen LogP contribution in [0.4, 0.5) is 0 Å². The summed E-state index contributed by atoms with van der Waals surface area (Å²) in [5.74, 6) is 0.944. The van der Waals surface area contributed by atoms with Gasteiger partial charge in [-0.25, -0.2) is 0 Å². The highest BCUT2D eigenvalue weighted by Gasteiger charge is 2.00. The summed E-state index contributed by atoms with van der Waals surface area (Å²) < 4.78 is 5.20. The molecule has 1 rings (SSSR count). The molecule has 2 nitrogen and oxygen atoms in total. The quantitative estimate of drug-likeness (QED) is 0.764. The fourth-order valence-electron chi connectivity index (χ4n) is 1.83. The summed E-state index contributed by atoms with van der Waals surface area (Å²) in [6, 6.07) is 8.90. The summed E-state index contributed by atoms with van der Waals surface area (Å²) in [5.41, 5.74) is 1.33. The van der Waals surface area contributed by atoms with E-state index in [1.165, 1.54) is 18.4 Å². The van der Waals surface area contributed by atoms with Gasteiger partial charge >= 0.3 is 0 Å². The standard InChI is InChI=1S/C14H23NO/c1-4-6-12(2)15-10-9-13-7-5-8-14(11-13)16-3/h5,7-8,11-12,15H,4,6,9-10H2,1-3H3. The van der Waals surface area contributed by atoms with Crippen molar-refractivity contribution in [2.24, 2.45) is 0 Å². The number of rotatable bonds is 7. The minimum atomic E-state index is 0.621. The normalized spacial score (nSPS) is 12.4. The van der Waals surface area contributed by atoms with Crippen LogP contribution in [0.25, 0.3) is 0 Å². The third-order valence-corrected chi connectivity index (χ3v) is 2.76. The Kier molecular flexibility index (Phi) is 5.94. The minimum Gasteiger partial charge on any atom is -0.497 e. The maximum absolute atomic E-state index is 5.20. The second-order valence-electron chi connectivity index (χ2n) is 4.25. The van der Waals surface area contributed by atoms with Gasteiger partial charge in [-0.1, -0.05) is 25.5 Å². The highest BCUT2D eigenvalue weighted by atomic mass is 16.5. The van der Waals surface area contributed by atoms with Crippen LogP contribution in [-0.2, 0) is 6.42 Å². The molecule has 90 valence electrons. The lowest BCUT2D eigenvalue weighted by Gasteiger charge is -2.12. The van der Waals surface area contributed by atoms with E-state index in [9.17, 15) is 0 Å². The van der Waals surface area contributed by atoms with E-state index < -0.39 is 0 Å². The van der Waals surface area contributed by atoms with Gasteiger partial charge in [0.25, 0.3) is 0 Å². The van der Waals surface area contributed by atoms with E-state index >= 15 is 0 Å². The first-order chi connectivity index (χ1) is 7.76. The Labute approximate surface area is 99.0 Å². The van der Waals surface area contributed by atoms with Crippen molar-refractivity contribution in [1.29, 1.82) is 0 Å². The van der Waals surface area contributed by atoms with E-state index in [2.05, 4.69) is 31.3 Å². The molecule has 0 amide bonds. The van der Waals surface area contributed by atoms with Crippen molar-refractivity contribution in [2.45, 2.75) is 39.2 Å². The summed E-state index contributed by atoms with van der Waals surface area (Å²) in [4.78, 5) is 0. The predicted octanol–water partition coefficient (Wildman–Crippen LogP) is 3.02. The molecule has 0 heterocycles. The van der Waals surface area contributed by atoms with Crippen molar-refractivity contribution in [3.63, 3.8) is 0 Å². The Balaban J connectivity index is 2.31. The van der Waals surface area contributed by atoms with E-state index in [0.717, 1.165) is 18.7 Å². The van der Waals surface area contributed by atoms with Crippen molar-refractivity contribution in [3.05, 3.63) is 29.8 Å². The molecule has 0 saturated carbocycles. The maximum atomic E-state index is 5.20. The third kappa shape index (κ3) is 4.67. The molecule has 0 saturated heterocycles. The largest absolute Gasteiger partial charge is 0.497 e. The molecule has 1 N–H and O–H groups in total. The van der Waals surface area contributed by atoms with Gasteiger partial charge < -0.3 is 10.1 Å². The summed E-state index contributed by atoms with van der Waals surface area (Å²) in [7, 11) is 1.71. The van der Waals surface area contributed by atoms with Crippen LogP contribution in [0.15, 0.2) is 24.3 Å². The van der Waals surface area contributed by atoms with Gasteiger partial charge in [-0.3, -0.25) is 0 Å². The SMILES string of the molecule is CCCC(C)NCCc1cccc(OC)c1. The van der Waals surface area contributed by atoms with Gasteiger partial charge in [0.1, 0.15) is 5.75 Å². The van der Waals surface area contributed by atoms with Gasteiger partial charge in [-0.15, -0.1) is 0 Å². The number of methoxy groups -OCH3 is 1. The molecule has 0 aliphatic heterocycles. The number of benzene rings is 1. The molecule has 0 aliphatic carbocycles. The molecule has 0 spiro atoms. The number of ether oxygens (including phenoxy) is 1. The topological polar surface area (TPSA) is 21.3 Å². The monoisotopic (exact) mass is 221 g/mol. The summed E-state index contributed by atoms with van der Waals surface area (Å²) >= 11 is 0. The molecule has 0 aromatic heterocycles. The fourth-order valence-corrected chi connectivity index (χ4v) is 1.83. The number of nitrogens with one attached hydrogen (secondary N) is 1. The summed E-state index contributed by atoms with van der Waals surface area (Å²) in [6.07, 6.45) is 3.55. The molecule has 1 aromatic carbocycles. The Morgan fingerprint density at radius 1 is 1.38 bits per heavy atom. The Hall–Kier alpha value is -1.02. The Morgan fingerprint density at radius 2 is 2.19 bits per heavy atom. The molecule has 2 heteroatoms. The van der Waals surface area contributed by atoms with Crippen LogP contribution in [-0.4, -0.2) is 19.7 Å². The summed E-state index contributed by atoms with van der Waals surface area (Å²) in [5, 5.41) is 3.53. The van der Waals surface area contributed by atoms with Gasteiger partial charge in [0.05, 0.1) is 7.11 Å². The van der Waals surface area contributed by atoms with Crippen molar-refractivity contribution in [3.8, 4) is 5.75 Å². The second-order valence-corrected chi connectivity index (χ2v) is 4.25. The molecule has 0 aliphatic rings. The van der Waals surface area contributed by atoms with Crippen molar-refractivity contribution < 1.29 is 4.74 Å². The average molecular weight is 221 g/mol. The first kappa shape index (κ1) is 13.0. The number of hydrogen-bond acceptors (Lipinski definition) is 2. The smallest absolute Gasteiger partial charge is 0.119 e. The van der Waals surface area contributed by atoms with Gasteiger partial charge in [0.2, 0.25) is 0 Å². The maximum Gasteiger partial charge on any atom is 0.119 e. The van der Waals surface area contributed by atoms with Gasteiger partial charge in [-0.05, 0) is 44.0 Å². The van der Waals surface area contributed by atoms with Crippen LogP contribution in [0, 0.1) is 0 Å². The van der Waals surface area contributed by atoms with E-state index in [1.54, 1.807) is 7.11 Å². The highest BCUT2D eigenvalue weighted by Crippen LogP contribution is 2.12. The first-order valence-electron chi connectivity index (χ1n) is 6.12. The summed E-state index contributed by atoms with van der Waals surface area (Å²) in [6.45, 7) is 5.50. The lowest BCUT2D eigenvalue weighted by atomic mass is 10.1. The molecule has 0 fully saturated rings. The average Bonchev–Trinajstić information content (AvgIpc) is 2.30. The fraction of sp³-hybridized carbons (Fsp3) is 0.571. The molecule has 16 heavy (non-hydrogen) atoms. The lowest BCUT2D eigenvalue weighted by molar-refractivity contribution is 0.414. The van der Waals surface area contributed by atoms with Crippen LogP contribution in [0.3, 0.4) is 0 Å². The lowest BCUT2D eigenvalue weighted by Crippen LogP contribution is -2.27. The van der Waals surface area contributed by atoms with Crippen molar-refractivity contribution in [1.82, 2.24) is 5.32 Å². The molecule has 1 atom stereocenters. The third-order valence-electron chi connectivity index (χ3n) is 2.76. The van der Waals surface area contributed by atoms with Crippen LogP contribution in [0.2, 0.25) is 0 Å². The molecule has 0 radical (unpaired) electrons. The van der Waals surface area contributed by atoms with E-state index in [-0.39, 0.29) is 0 Å². The van der Waals surface area contributed by atoms with E-state index in [0.29, 0.717) is 6.04 Å². The van der Waals surface area contributed by atoms with Gasteiger partial charge in [0, 0.05) is 6.04 Å². The minimum absolute atomic E-state index is 0.621. The van der Waals surface area contributed by atoms with E-state index in [1.807, 2.05) is 12.1 Å². The van der Waals surface area contributed by atoms with Crippen LogP contribution in [0.5, 0.6) is 5.75 Å². The molecular weight excluding hydrogens is 198 g/mol. The number of hydrogen-bond donors (Lipinski definition) is 1. The molecular formula is C14H23NO. The molecule has 1 unspecified atom stereocenters.